The highest BCUT2D eigenvalue weighted by Crippen LogP contribution is 2.08. The lowest BCUT2D eigenvalue weighted by Crippen LogP contribution is -2.27. The fourth-order valence-electron chi connectivity index (χ4n) is 1.44. The second kappa shape index (κ2) is 10.6. The Morgan fingerprint density at radius 2 is 1.67 bits per heavy atom. The predicted molar refractivity (Wildman–Crippen MR) is 77.9 cm³/mol. The Labute approximate surface area is 127 Å². The molecule has 0 aliphatic rings. The molecule has 0 saturated carbocycles. The van der Waals surface area contributed by atoms with E-state index in [9.17, 15) is 9.59 Å². The van der Waals surface area contributed by atoms with Gasteiger partial charge in [-0.25, -0.2) is 9.59 Å². The molecular formula is C15H28O6. The van der Waals surface area contributed by atoms with Crippen molar-refractivity contribution >= 4 is 11.9 Å². The highest BCUT2D eigenvalue weighted by molar-refractivity contribution is 5.71. The van der Waals surface area contributed by atoms with Crippen LogP contribution in [0.4, 0.5) is 0 Å². The standard InChI is InChI=1S/C15H28O6/c1-6-20-13(16)10-18-8-7-12(2)9-19-11-14(17)21-15(3,4)5/h12H,6-11H2,1-5H3. The van der Waals surface area contributed by atoms with E-state index in [1.165, 1.54) is 0 Å². The Balaban J connectivity index is 3.56. The first-order valence-corrected chi connectivity index (χ1v) is 7.27. The zero-order chi connectivity index (χ0) is 16.3. The van der Waals surface area contributed by atoms with Crippen LogP contribution in [0.15, 0.2) is 0 Å². The van der Waals surface area contributed by atoms with Crippen LogP contribution < -0.4 is 0 Å². The van der Waals surface area contributed by atoms with Gasteiger partial charge in [0.05, 0.1) is 6.61 Å². The Hall–Kier alpha value is -1.14. The molecule has 0 N–H and O–H groups in total. The normalized spacial score (nSPS) is 12.8. The molecule has 1 unspecified atom stereocenters. The van der Waals surface area contributed by atoms with Gasteiger partial charge in [-0.05, 0) is 40.0 Å². The maximum absolute atomic E-state index is 11.4. The van der Waals surface area contributed by atoms with Gasteiger partial charge in [0.2, 0.25) is 0 Å². The summed E-state index contributed by atoms with van der Waals surface area (Å²) in [5, 5.41) is 0. The van der Waals surface area contributed by atoms with E-state index in [-0.39, 0.29) is 31.1 Å². The Morgan fingerprint density at radius 3 is 2.24 bits per heavy atom. The molecule has 0 saturated heterocycles. The molecule has 0 bridgehead atoms. The first-order valence-electron chi connectivity index (χ1n) is 7.27. The topological polar surface area (TPSA) is 71.1 Å². The van der Waals surface area contributed by atoms with Gasteiger partial charge in [0, 0.05) is 13.2 Å². The summed E-state index contributed by atoms with van der Waals surface area (Å²) in [5.74, 6) is -0.491. The van der Waals surface area contributed by atoms with Gasteiger partial charge in [0.25, 0.3) is 0 Å². The summed E-state index contributed by atoms with van der Waals surface area (Å²) in [6.07, 6.45) is 0.744. The molecule has 0 rings (SSSR count). The van der Waals surface area contributed by atoms with Gasteiger partial charge in [-0.3, -0.25) is 0 Å². The van der Waals surface area contributed by atoms with Crippen molar-refractivity contribution < 1.29 is 28.5 Å². The molecule has 0 aromatic carbocycles. The molecule has 0 aliphatic heterocycles. The summed E-state index contributed by atoms with van der Waals surface area (Å²) in [4.78, 5) is 22.4. The molecule has 1 atom stereocenters. The summed E-state index contributed by atoms with van der Waals surface area (Å²) in [7, 11) is 0. The van der Waals surface area contributed by atoms with Crippen molar-refractivity contribution in [2.24, 2.45) is 5.92 Å². The van der Waals surface area contributed by atoms with Crippen LogP contribution in [-0.2, 0) is 28.5 Å². The van der Waals surface area contributed by atoms with Crippen molar-refractivity contribution in [1.29, 1.82) is 0 Å². The van der Waals surface area contributed by atoms with E-state index >= 15 is 0 Å². The highest BCUT2D eigenvalue weighted by atomic mass is 16.6. The second-order valence-corrected chi connectivity index (χ2v) is 5.85. The SMILES string of the molecule is CCOC(=O)COCCC(C)COCC(=O)OC(C)(C)C. The van der Waals surface area contributed by atoms with Crippen molar-refractivity contribution in [3.05, 3.63) is 0 Å². The van der Waals surface area contributed by atoms with Crippen molar-refractivity contribution in [1.82, 2.24) is 0 Å². The molecule has 0 radical (unpaired) electrons. The van der Waals surface area contributed by atoms with Gasteiger partial charge in [-0.2, -0.15) is 0 Å². The Kier molecular flexibility index (Phi) is 9.99. The lowest BCUT2D eigenvalue weighted by atomic mass is 10.1. The number of rotatable bonds is 10. The van der Waals surface area contributed by atoms with Crippen molar-refractivity contribution in [2.45, 2.75) is 46.6 Å². The van der Waals surface area contributed by atoms with E-state index in [4.69, 9.17) is 18.9 Å². The lowest BCUT2D eigenvalue weighted by molar-refractivity contribution is -0.160. The van der Waals surface area contributed by atoms with E-state index in [0.29, 0.717) is 19.8 Å². The minimum Gasteiger partial charge on any atom is -0.464 e. The minimum absolute atomic E-state index is 0.0284. The van der Waals surface area contributed by atoms with Gasteiger partial charge < -0.3 is 18.9 Å². The second-order valence-electron chi connectivity index (χ2n) is 5.85. The van der Waals surface area contributed by atoms with Crippen LogP contribution in [0.25, 0.3) is 0 Å². The van der Waals surface area contributed by atoms with Crippen LogP contribution in [0.1, 0.15) is 41.0 Å². The quantitative estimate of drug-likeness (QED) is 0.454. The monoisotopic (exact) mass is 304 g/mol. The number of carbonyl (C=O) groups is 2. The van der Waals surface area contributed by atoms with E-state index in [1.807, 2.05) is 27.7 Å². The molecule has 124 valence electrons. The number of carbonyl (C=O) groups excluding carboxylic acids is 2. The predicted octanol–water partition coefficient (Wildman–Crippen LogP) is 1.95. The zero-order valence-corrected chi connectivity index (χ0v) is 13.8. The summed E-state index contributed by atoms with van der Waals surface area (Å²) in [6.45, 7) is 10.4. The van der Waals surface area contributed by atoms with Gasteiger partial charge >= 0.3 is 11.9 Å². The maximum Gasteiger partial charge on any atom is 0.332 e. The largest absolute Gasteiger partial charge is 0.464 e. The van der Waals surface area contributed by atoms with Crippen LogP contribution in [0.2, 0.25) is 0 Å². The Bertz CT molecular complexity index is 308. The van der Waals surface area contributed by atoms with Gasteiger partial charge in [-0.1, -0.05) is 6.92 Å². The molecule has 0 aromatic rings. The average molecular weight is 304 g/mol. The molecule has 21 heavy (non-hydrogen) atoms. The molecule has 0 fully saturated rings. The average Bonchev–Trinajstić information content (AvgIpc) is 2.32. The van der Waals surface area contributed by atoms with Crippen molar-refractivity contribution in [3.8, 4) is 0 Å². The fourth-order valence-corrected chi connectivity index (χ4v) is 1.44. The van der Waals surface area contributed by atoms with Crippen LogP contribution in [0.5, 0.6) is 0 Å². The van der Waals surface area contributed by atoms with Gasteiger partial charge in [0.1, 0.15) is 18.8 Å². The van der Waals surface area contributed by atoms with Crippen LogP contribution >= 0.6 is 0 Å². The number of hydrogen-bond donors (Lipinski definition) is 0. The molecule has 0 heterocycles. The van der Waals surface area contributed by atoms with Crippen LogP contribution in [0, 0.1) is 5.92 Å². The zero-order valence-electron chi connectivity index (χ0n) is 13.8. The molecular weight excluding hydrogens is 276 g/mol. The van der Waals surface area contributed by atoms with E-state index in [1.54, 1.807) is 6.92 Å². The molecule has 0 aromatic heterocycles. The summed E-state index contributed by atoms with van der Waals surface area (Å²) < 4.78 is 20.4. The number of ether oxygens (including phenoxy) is 4. The smallest absolute Gasteiger partial charge is 0.332 e. The first-order chi connectivity index (χ1) is 9.74. The van der Waals surface area contributed by atoms with E-state index < -0.39 is 5.60 Å². The van der Waals surface area contributed by atoms with Crippen LogP contribution in [0.3, 0.4) is 0 Å². The minimum atomic E-state index is -0.493. The summed E-state index contributed by atoms with van der Waals surface area (Å²) >= 11 is 0. The number of hydrogen-bond acceptors (Lipinski definition) is 6. The summed E-state index contributed by atoms with van der Waals surface area (Å²) in [6, 6.07) is 0. The van der Waals surface area contributed by atoms with Crippen molar-refractivity contribution in [3.63, 3.8) is 0 Å². The van der Waals surface area contributed by atoms with Gasteiger partial charge in [0.15, 0.2) is 0 Å². The molecule has 6 heteroatoms. The third-order valence-corrected chi connectivity index (χ3v) is 2.32. The van der Waals surface area contributed by atoms with E-state index in [0.717, 1.165) is 6.42 Å². The highest BCUT2D eigenvalue weighted by Gasteiger charge is 2.16. The molecule has 6 nitrogen and oxygen atoms in total. The van der Waals surface area contributed by atoms with Gasteiger partial charge in [-0.15, -0.1) is 0 Å². The molecule has 0 amide bonds. The van der Waals surface area contributed by atoms with E-state index in [2.05, 4.69) is 0 Å². The number of esters is 2. The summed E-state index contributed by atoms with van der Waals surface area (Å²) in [5.41, 5.74) is -0.493. The third-order valence-electron chi connectivity index (χ3n) is 2.32. The first kappa shape index (κ1) is 19.9. The fraction of sp³-hybridized carbons (Fsp3) is 0.867. The molecule has 0 aliphatic carbocycles. The maximum atomic E-state index is 11.4. The van der Waals surface area contributed by atoms with Crippen molar-refractivity contribution in [2.75, 3.05) is 33.0 Å². The molecule has 0 spiro atoms. The Morgan fingerprint density at radius 1 is 1.05 bits per heavy atom. The third kappa shape index (κ3) is 13.6. The van der Waals surface area contributed by atoms with Crippen LogP contribution in [-0.4, -0.2) is 50.6 Å². The lowest BCUT2D eigenvalue weighted by Gasteiger charge is -2.19.